The number of carboxylic acid groups (broad SMARTS) is 1. The minimum Gasteiger partial charge on any atom is -0.480 e. The first-order chi connectivity index (χ1) is 15.5. The van der Waals surface area contributed by atoms with Crippen LogP contribution >= 0.6 is 0 Å². The predicted octanol–water partition coefficient (Wildman–Crippen LogP) is 2.56. The first-order valence-corrected chi connectivity index (χ1v) is 13.0. The highest BCUT2D eigenvalue weighted by Crippen LogP contribution is 2.68. The van der Waals surface area contributed by atoms with Crippen molar-refractivity contribution in [3.05, 3.63) is 0 Å². The molecule has 7 nitrogen and oxygen atoms in total. The summed E-state index contributed by atoms with van der Waals surface area (Å²) in [5, 5.41) is 44.4. The highest BCUT2D eigenvalue weighted by atomic mass is 16.4. The van der Waals surface area contributed by atoms with Gasteiger partial charge < -0.3 is 25.7 Å². The molecule has 4 aliphatic rings. The molecule has 4 fully saturated rings. The molecule has 0 bridgehead atoms. The zero-order chi connectivity index (χ0) is 24.1. The average Bonchev–Trinajstić information content (AvgIpc) is 3.11. The van der Waals surface area contributed by atoms with Crippen molar-refractivity contribution >= 4 is 11.9 Å². The van der Waals surface area contributed by atoms with Crippen molar-refractivity contribution in [3.8, 4) is 0 Å². The SMILES string of the molecule is CC(CCC(=O)NCC(=O)O)C1CCC2C3C(C[C@H](O)C12C)C1(C)CC[C@@H](O)CC1C[C@H]3O. The molecular formula is C26H43NO6. The summed E-state index contributed by atoms with van der Waals surface area (Å²) >= 11 is 0. The number of nitrogens with one attached hydrogen (secondary N) is 1. The number of amides is 1. The van der Waals surface area contributed by atoms with E-state index in [-0.39, 0.29) is 65.1 Å². The number of aliphatic carboxylic acids is 1. The molecule has 0 spiro atoms. The van der Waals surface area contributed by atoms with Gasteiger partial charge in [-0.05, 0) is 97.7 Å². The fourth-order valence-corrected chi connectivity index (χ4v) is 8.95. The van der Waals surface area contributed by atoms with Gasteiger partial charge >= 0.3 is 5.97 Å². The summed E-state index contributed by atoms with van der Waals surface area (Å²) in [7, 11) is 0. The molecule has 0 radical (unpaired) electrons. The Hall–Kier alpha value is -1.18. The van der Waals surface area contributed by atoms with E-state index in [1.165, 1.54) is 0 Å². The molecule has 1 amide bonds. The largest absolute Gasteiger partial charge is 0.480 e. The lowest BCUT2D eigenvalue weighted by Gasteiger charge is -2.63. The van der Waals surface area contributed by atoms with Crippen LogP contribution in [0.3, 0.4) is 0 Å². The summed E-state index contributed by atoms with van der Waals surface area (Å²) in [5.74, 6) is 0.265. The number of fused-ring (bicyclic) bond motifs is 5. The number of hydrogen-bond donors (Lipinski definition) is 5. The first-order valence-electron chi connectivity index (χ1n) is 13.0. The van der Waals surface area contributed by atoms with E-state index >= 15 is 0 Å². The fraction of sp³-hybridized carbons (Fsp3) is 0.923. The van der Waals surface area contributed by atoms with Crippen LogP contribution in [0.1, 0.15) is 78.6 Å². The topological polar surface area (TPSA) is 127 Å². The van der Waals surface area contributed by atoms with Gasteiger partial charge in [-0.3, -0.25) is 9.59 Å². The van der Waals surface area contributed by atoms with Gasteiger partial charge in [-0.25, -0.2) is 0 Å². The molecule has 0 saturated heterocycles. The van der Waals surface area contributed by atoms with Gasteiger partial charge in [-0.2, -0.15) is 0 Å². The standard InChI is InChI=1S/C26H43NO6/c1-14(4-7-22(31)27-13-23(32)33)17-5-6-18-24-19(12-21(30)26(17,18)3)25(2)9-8-16(28)10-15(25)11-20(24)29/h14-21,24,28-30H,4-13H2,1-3H3,(H,27,31)(H,32,33)/t14?,15?,16-,17?,18?,19?,20-,21+,24?,25?,26?/m1/s1. The third kappa shape index (κ3) is 4.23. The lowest BCUT2D eigenvalue weighted by Crippen LogP contribution is -2.62. The average molecular weight is 466 g/mol. The molecule has 0 aromatic heterocycles. The highest BCUT2D eigenvalue weighted by Gasteiger charge is 2.65. The Balaban J connectivity index is 1.49. The number of aliphatic hydroxyl groups is 3. The van der Waals surface area contributed by atoms with Crippen LogP contribution in [-0.4, -0.2) is 57.2 Å². The Labute approximate surface area is 197 Å². The third-order valence-corrected chi connectivity index (χ3v) is 10.8. The van der Waals surface area contributed by atoms with Crippen molar-refractivity contribution < 1.29 is 30.0 Å². The maximum atomic E-state index is 12.0. The van der Waals surface area contributed by atoms with Crippen LogP contribution in [-0.2, 0) is 9.59 Å². The van der Waals surface area contributed by atoms with Crippen LogP contribution in [0.15, 0.2) is 0 Å². The van der Waals surface area contributed by atoms with Crippen molar-refractivity contribution in [1.82, 2.24) is 5.32 Å². The molecule has 0 aromatic rings. The number of rotatable bonds is 6. The van der Waals surface area contributed by atoms with Crippen LogP contribution < -0.4 is 5.32 Å². The van der Waals surface area contributed by atoms with Crippen LogP contribution in [0.25, 0.3) is 0 Å². The molecule has 0 aliphatic heterocycles. The number of aliphatic hydroxyl groups excluding tert-OH is 3. The summed E-state index contributed by atoms with van der Waals surface area (Å²) in [6, 6.07) is 0. The molecule has 7 heteroatoms. The van der Waals surface area contributed by atoms with E-state index < -0.39 is 12.1 Å². The zero-order valence-corrected chi connectivity index (χ0v) is 20.4. The quantitative estimate of drug-likeness (QED) is 0.410. The van der Waals surface area contributed by atoms with E-state index in [0.29, 0.717) is 25.2 Å². The number of hydrogen-bond acceptors (Lipinski definition) is 5. The summed E-state index contributed by atoms with van der Waals surface area (Å²) in [6.45, 7) is 6.35. The van der Waals surface area contributed by atoms with Gasteiger partial charge in [-0.15, -0.1) is 0 Å². The predicted molar refractivity (Wildman–Crippen MR) is 123 cm³/mol. The van der Waals surface area contributed by atoms with E-state index in [0.717, 1.165) is 38.5 Å². The minimum absolute atomic E-state index is 0.0668. The van der Waals surface area contributed by atoms with Gasteiger partial charge in [0.25, 0.3) is 0 Å². The van der Waals surface area contributed by atoms with Gasteiger partial charge in [0.2, 0.25) is 5.91 Å². The number of carbonyl (C=O) groups is 2. The molecule has 11 atom stereocenters. The smallest absolute Gasteiger partial charge is 0.322 e. The maximum absolute atomic E-state index is 12.0. The van der Waals surface area contributed by atoms with Crippen molar-refractivity contribution in [1.29, 1.82) is 0 Å². The molecule has 8 unspecified atom stereocenters. The molecule has 4 aliphatic carbocycles. The second-order valence-corrected chi connectivity index (χ2v) is 12.2. The molecule has 33 heavy (non-hydrogen) atoms. The summed E-state index contributed by atoms with van der Waals surface area (Å²) < 4.78 is 0. The van der Waals surface area contributed by atoms with Gasteiger partial charge in [0.05, 0.1) is 18.3 Å². The van der Waals surface area contributed by atoms with Crippen LogP contribution in [0.4, 0.5) is 0 Å². The fourth-order valence-electron chi connectivity index (χ4n) is 8.95. The molecule has 0 heterocycles. The van der Waals surface area contributed by atoms with Crippen LogP contribution in [0.2, 0.25) is 0 Å². The molecule has 5 N–H and O–H groups in total. The minimum atomic E-state index is -1.04. The highest BCUT2D eigenvalue weighted by molar-refractivity contribution is 5.81. The summed E-state index contributed by atoms with van der Waals surface area (Å²) in [6.07, 6.45) is 5.86. The molecule has 4 rings (SSSR count). The second kappa shape index (κ2) is 9.12. The van der Waals surface area contributed by atoms with E-state index in [1.807, 2.05) is 0 Å². The third-order valence-electron chi connectivity index (χ3n) is 10.8. The molecule has 0 aromatic carbocycles. The number of carboxylic acids is 1. The Morgan fingerprint density at radius 2 is 1.76 bits per heavy atom. The summed E-state index contributed by atoms with van der Waals surface area (Å²) in [5.41, 5.74) is -0.214. The molecule has 4 saturated carbocycles. The van der Waals surface area contributed by atoms with Gasteiger partial charge in [0.15, 0.2) is 0 Å². The molecular weight excluding hydrogens is 422 g/mol. The van der Waals surface area contributed by atoms with E-state index in [9.17, 15) is 24.9 Å². The van der Waals surface area contributed by atoms with Crippen molar-refractivity contribution in [2.45, 2.75) is 96.9 Å². The van der Waals surface area contributed by atoms with Crippen molar-refractivity contribution in [3.63, 3.8) is 0 Å². The Kier molecular flexibility index (Phi) is 6.89. The lowest BCUT2D eigenvalue weighted by atomic mass is 9.43. The normalized spacial score (nSPS) is 47.7. The summed E-state index contributed by atoms with van der Waals surface area (Å²) in [4.78, 5) is 22.7. The Bertz CT molecular complexity index is 759. The van der Waals surface area contributed by atoms with Crippen LogP contribution in [0.5, 0.6) is 0 Å². The maximum Gasteiger partial charge on any atom is 0.322 e. The second-order valence-electron chi connectivity index (χ2n) is 12.2. The number of carbonyl (C=O) groups excluding carboxylic acids is 1. The van der Waals surface area contributed by atoms with E-state index in [4.69, 9.17) is 5.11 Å². The van der Waals surface area contributed by atoms with Gasteiger partial charge in [0.1, 0.15) is 6.54 Å². The Morgan fingerprint density at radius 1 is 1.03 bits per heavy atom. The van der Waals surface area contributed by atoms with Crippen LogP contribution in [0, 0.1) is 46.3 Å². The lowest BCUT2D eigenvalue weighted by molar-refractivity contribution is -0.207. The van der Waals surface area contributed by atoms with E-state index in [1.54, 1.807) is 0 Å². The molecule has 188 valence electrons. The van der Waals surface area contributed by atoms with Gasteiger partial charge in [0, 0.05) is 6.42 Å². The Morgan fingerprint density at radius 3 is 2.45 bits per heavy atom. The van der Waals surface area contributed by atoms with E-state index in [2.05, 4.69) is 26.1 Å². The first kappa shape index (κ1) is 24.9. The van der Waals surface area contributed by atoms with Gasteiger partial charge in [-0.1, -0.05) is 20.8 Å². The zero-order valence-electron chi connectivity index (χ0n) is 20.4. The van der Waals surface area contributed by atoms with Crippen molar-refractivity contribution in [2.24, 2.45) is 46.3 Å². The monoisotopic (exact) mass is 465 g/mol. The van der Waals surface area contributed by atoms with Crippen molar-refractivity contribution in [2.75, 3.05) is 6.54 Å².